The minimum atomic E-state index is -0.883. The molecular formula is C29H27N4O8S+. The fourth-order valence-corrected chi connectivity index (χ4v) is 5.96. The number of nitrogens with zero attached hydrogens (tertiary/aromatic N) is 2. The number of ketones is 2. The third-order valence-corrected chi connectivity index (χ3v) is 7.86. The van der Waals surface area contributed by atoms with Gasteiger partial charge in [-0.1, -0.05) is 0 Å². The second-order valence-corrected chi connectivity index (χ2v) is 10.1. The number of Topliss-reactive ketones (excluding diaryl/α,β-unsaturated/α-hetero) is 1. The van der Waals surface area contributed by atoms with Gasteiger partial charge in [-0.15, -0.1) is 11.3 Å². The van der Waals surface area contributed by atoms with Crippen molar-refractivity contribution < 1.29 is 37.7 Å². The SMILES string of the molecule is COc1ccc(-[n+]2[nH]oc(=O)c2C(=O)c2sc3nc(C)c(C(C)=O)c(-c4cc(OC)c(OC)c(OC)c4)c3c2N)cc1. The Morgan fingerprint density at radius 3 is 2.19 bits per heavy atom. The molecule has 0 aliphatic heterocycles. The summed E-state index contributed by atoms with van der Waals surface area (Å²) in [6, 6.07) is 10.0. The summed E-state index contributed by atoms with van der Waals surface area (Å²) in [7, 11) is 5.98. The first kappa shape index (κ1) is 28.4. The van der Waals surface area contributed by atoms with Crippen molar-refractivity contribution in [3.05, 3.63) is 68.6 Å². The van der Waals surface area contributed by atoms with Crippen LogP contribution < -0.4 is 35.0 Å². The zero-order valence-corrected chi connectivity index (χ0v) is 24.4. The molecule has 0 aliphatic rings. The Labute approximate surface area is 243 Å². The second-order valence-electron chi connectivity index (χ2n) is 9.13. The van der Waals surface area contributed by atoms with E-state index in [1.807, 2.05) is 0 Å². The van der Waals surface area contributed by atoms with Gasteiger partial charge in [-0.25, -0.2) is 9.78 Å². The van der Waals surface area contributed by atoms with Gasteiger partial charge in [0, 0.05) is 28.6 Å². The second kappa shape index (κ2) is 11.0. The number of nitrogens with one attached hydrogen (secondary N) is 1. The lowest BCUT2D eigenvalue weighted by Crippen LogP contribution is -2.41. The number of nitrogens with two attached hydrogens (primary N) is 1. The van der Waals surface area contributed by atoms with Gasteiger partial charge in [0.25, 0.3) is 5.78 Å². The van der Waals surface area contributed by atoms with E-state index in [9.17, 15) is 14.4 Å². The molecule has 3 heterocycles. The Morgan fingerprint density at radius 2 is 1.64 bits per heavy atom. The molecule has 5 rings (SSSR count). The number of H-pyrrole nitrogens is 1. The summed E-state index contributed by atoms with van der Waals surface area (Å²) in [5.41, 5.74) is 7.72. The topological polar surface area (TPSA) is 160 Å². The molecule has 13 heteroatoms. The number of hydrogen-bond donors (Lipinski definition) is 2. The number of nitrogen functional groups attached to an aromatic ring is 1. The summed E-state index contributed by atoms with van der Waals surface area (Å²) in [5.74, 6) is 0.742. The van der Waals surface area contributed by atoms with E-state index in [1.54, 1.807) is 43.3 Å². The van der Waals surface area contributed by atoms with E-state index in [1.165, 1.54) is 40.0 Å². The van der Waals surface area contributed by atoms with Crippen molar-refractivity contribution in [2.24, 2.45) is 0 Å². The standard InChI is InChI=1S/C29H26N4O8S/c1-13-20(14(2)34)21(15-11-18(38-4)26(40-6)19(12-15)39-5)22-23(30)27(42-28(22)31-13)25(35)24-29(36)41-32-33(24)16-7-9-17(37-3)10-8-16/h7-12H,1-6H3,(H2-,30,32,35,36)/p+1. The van der Waals surface area contributed by atoms with Crippen LogP contribution >= 0.6 is 11.3 Å². The molecule has 0 amide bonds. The smallest absolute Gasteiger partial charge is 0.439 e. The number of carbonyl (C=O) groups is 2. The van der Waals surface area contributed by atoms with Gasteiger partial charge < -0.3 is 24.7 Å². The van der Waals surface area contributed by atoms with Crippen molar-refractivity contribution in [3.63, 3.8) is 0 Å². The number of aromatic amines is 1. The summed E-state index contributed by atoms with van der Waals surface area (Å²) in [6.45, 7) is 3.13. The number of fused-ring (bicyclic) bond motifs is 1. The van der Waals surface area contributed by atoms with E-state index < -0.39 is 11.4 Å². The quantitative estimate of drug-likeness (QED) is 0.190. The van der Waals surface area contributed by atoms with Crippen molar-refractivity contribution >= 4 is 38.8 Å². The molecule has 0 fully saturated rings. The van der Waals surface area contributed by atoms with Gasteiger partial charge in [-0.3, -0.25) is 14.1 Å². The molecule has 3 N–H and O–H groups in total. The maximum Gasteiger partial charge on any atom is 0.439 e. The van der Waals surface area contributed by atoms with E-state index in [0.717, 1.165) is 11.3 Å². The van der Waals surface area contributed by atoms with E-state index in [4.69, 9.17) is 29.2 Å². The molecule has 0 radical (unpaired) electrons. The van der Waals surface area contributed by atoms with E-state index in [-0.39, 0.29) is 22.0 Å². The van der Waals surface area contributed by atoms with Crippen LogP contribution in [0.3, 0.4) is 0 Å². The Hall–Kier alpha value is -5.17. The Kier molecular flexibility index (Phi) is 7.44. The molecule has 0 atom stereocenters. The highest BCUT2D eigenvalue weighted by Gasteiger charge is 2.36. The van der Waals surface area contributed by atoms with Crippen molar-refractivity contribution in [2.45, 2.75) is 13.8 Å². The zero-order valence-electron chi connectivity index (χ0n) is 23.6. The number of hydrogen-bond acceptors (Lipinski definition) is 11. The highest BCUT2D eigenvalue weighted by atomic mass is 32.1. The molecule has 0 unspecified atom stereocenters. The van der Waals surface area contributed by atoms with Crippen LogP contribution in [0, 0.1) is 6.92 Å². The average Bonchev–Trinajstić information content (AvgIpc) is 3.54. The number of rotatable bonds is 9. The van der Waals surface area contributed by atoms with Crippen LogP contribution in [0.4, 0.5) is 5.69 Å². The summed E-state index contributed by atoms with van der Waals surface area (Å²) in [6.07, 6.45) is 0. The monoisotopic (exact) mass is 591 g/mol. The fraction of sp³-hybridized carbons (Fsp3) is 0.207. The van der Waals surface area contributed by atoms with Gasteiger partial charge in [0.05, 0.1) is 39.8 Å². The number of benzene rings is 2. The molecular weight excluding hydrogens is 564 g/mol. The van der Waals surface area contributed by atoms with Gasteiger partial charge >= 0.3 is 11.3 Å². The van der Waals surface area contributed by atoms with Crippen molar-refractivity contribution in [1.29, 1.82) is 0 Å². The molecule has 12 nitrogen and oxygen atoms in total. The number of ether oxygens (including phenoxy) is 4. The van der Waals surface area contributed by atoms with Crippen LogP contribution in [0.15, 0.2) is 45.7 Å². The molecule has 0 saturated heterocycles. The third-order valence-electron chi connectivity index (χ3n) is 6.76. The summed E-state index contributed by atoms with van der Waals surface area (Å²) in [5, 5.41) is 2.85. The molecule has 2 aromatic carbocycles. The first-order valence-corrected chi connectivity index (χ1v) is 13.3. The number of thiophene rings is 1. The predicted octanol–water partition coefficient (Wildman–Crippen LogP) is 3.88. The molecule has 0 spiro atoms. The maximum absolute atomic E-state index is 13.9. The van der Waals surface area contributed by atoms with Gasteiger partial charge in [0.2, 0.25) is 11.4 Å². The first-order chi connectivity index (χ1) is 20.1. The first-order valence-electron chi connectivity index (χ1n) is 12.5. The number of aromatic nitrogens is 3. The lowest BCUT2D eigenvalue weighted by atomic mass is 9.92. The van der Waals surface area contributed by atoms with Crippen LogP contribution in [-0.2, 0) is 0 Å². The molecule has 42 heavy (non-hydrogen) atoms. The molecule has 3 aromatic heterocycles. The third kappa shape index (κ3) is 4.53. The van der Waals surface area contributed by atoms with E-state index >= 15 is 0 Å². The van der Waals surface area contributed by atoms with Gasteiger partial charge in [0.1, 0.15) is 15.5 Å². The Morgan fingerprint density at radius 1 is 1.00 bits per heavy atom. The number of anilines is 1. The summed E-state index contributed by atoms with van der Waals surface area (Å²) >= 11 is 1.01. The van der Waals surface area contributed by atoms with Crippen LogP contribution in [0.2, 0.25) is 0 Å². The van der Waals surface area contributed by atoms with E-state index in [2.05, 4.69) is 10.3 Å². The normalized spacial score (nSPS) is 11.0. The van der Waals surface area contributed by atoms with Crippen LogP contribution in [0.1, 0.15) is 38.3 Å². The molecule has 0 bridgehead atoms. The van der Waals surface area contributed by atoms with Gasteiger partial charge in [-0.05, 0) is 53.6 Å². The van der Waals surface area contributed by atoms with Crippen molar-refractivity contribution in [1.82, 2.24) is 10.3 Å². The minimum Gasteiger partial charge on any atom is -0.497 e. The van der Waals surface area contributed by atoms with Gasteiger partial charge in [-0.2, -0.15) is 0 Å². The van der Waals surface area contributed by atoms with Crippen LogP contribution in [0.5, 0.6) is 23.0 Å². The number of methoxy groups -OCH3 is 4. The number of carbonyl (C=O) groups excluding carboxylic acids is 2. The van der Waals surface area contributed by atoms with E-state index in [0.29, 0.717) is 61.3 Å². The Bertz CT molecular complexity index is 1900. The van der Waals surface area contributed by atoms with Crippen molar-refractivity contribution in [3.8, 4) is 39.8 Å². The van der Waals surface area contributed by atoms with Gasteiger partial charge in [0.15, 0.2) is 17.3 Å². The molecule has 0 aliphatic carbocycles. The molecule has 5 aromatic rings. The lowest BCUT2D eigenvalue weighted by molar-refractivity contribution is -0.672. The van der Waals surface area contributed by atoms with Crippen LogP contribution in [-0.4, -0.2) is 50.3 Å². The number of aryl methyl sites for hydroxylation is 1. The lowest BCUT2D eigenvalue weighted by Gasteiger charge is -2.17. The predicted molar refractivity (Wildman–Crippen MR) is 155 cm³/mol. The molecule has 216 valence electrons. The van der Waals surface area contributed by atoms with Crippen LogP contribution in [0.25, 0.3) is 27.0 Å². The number of pyridine rings is 1. The average molecular weight is 592 g/mol. The minimum absolute atomic E-state index is 0.0560. The summed E-state index contributed by atoms with van der Waals surface area (Å²) < 4.78 is 28.0. The zero-order chi connectivity index (χ0) is 30.3. The summed E-state index contributed by atoms with van der Waals surface area (Å²) in [4.78, 5) is 44.7. The maximum atomic E-state index is 13.9. The Balaban J connectivity index is 1.77. The highest BCUT2D eigenvalue weighted by molar-refractivity contribution is 7.21. The molecule has 0 saturated carbocycles. The largest absolute Gasteiger partial charge is 0.497 e. The van der Waals surface area contributed by atoms with Crippen molar-refractivity contribution in [2.75, 3.05) is 34.2 Å². The highest BCUT2D eigenvalue weighted by Crippen LogP contribution is 2.47. The fourth-order valence-electron chi connectivity index (χ4n) is 4.87.